The van der Waals surface area contributed by atoms with Gasteiger partial charge in [-0.2, -0.15) is 10.5 Å². The highest BCUT2D eigenvalue weighted by atomic mass is 79.9. The molecule has 0 radical (unpaired) electrons. The van der Waals surface area contributed by atoms with Crippen LogP contribution in [0.3, 0.4) is 0 Å². The quantitative estimate of drug-likeness (QED) is 0.682. The van der Waals surface area contributed by atoms with Gasteiger partial charge in [-0.1, -0.05) is 27.7 Å². The summed E-state index contributed by atoms with van der Waals surface area (Å²) in [5, 5.41) is 18.7. The number of nitriles is 2. The molecule has 2 aliphatic rings. The number of thioether (sulfide) groups is 1. The number of benzene rings is 1. The summed E-state index contributed by atoms with van der Waals surface area (Å²) in [6, 6.07) is 11.1. The van der Waals surface area contributed by atoms with Crippen molar-refractivity contribution in [1.29, 1.82) is 10.5 Å². The number of pyridine rings is 1. The minimum Gasteiger partial charge on any atom is -0.383 e. The van der Waals surface area contributed by atoms with Crippen LogP contribution in [0.2, 0.25) is 0 Å². The Morgan fingerprint density at radius 1 is 1.14 bits per heavy atom. The standard InChI is InChI=1S/C20H14BrN5O2S/c21-11-3-5-12(6-4-11)26-16(27)7-15(20(26)28)29-19-14(9-23)17(10-1-2-10)13(8-22)18(24)25-19/h3-6,10,15H,1-2,7H2,(H2,24,25)/t15-/m1/s1. The number of aromatic nitrogens is 1. The zero-order valence-corrected chi connectivity index (χ0v) is 17.5. The van der Waals surface area contributed by atoms with Gasteiger partial charge in [0.05, 0.1) is 22.1 Å². The highest BCUT2D eigenvalue weighted by molar-refractivity contribution is 9.10. The van der Waals surface area contributed by atoms with Crippen LogP contribution in [0.25, 0.3) is 0 Å². The van der Waals surface area contributed by atoms with Crippen LogP contribution in [0.1, 0.15) is 41.9 Å². The summed E-state index contributed by atoms with van der Waals surface area (Å²) < 4.78 is 0.842. The molecule has 29 heavy (non-hydrogen) atoms. The molecule has 1 aliphatic heterocycles. The topological polar surface area (TPSA) is 124 Å². The number of anilines is 2. The number of amides is 2. The van der Waals surface area contributed by atoms with Crippen molar-refractivity contribution in [3.63, 3.8) is 0 Å². The van der Waals surface area contributed by atoms with Gasteiger partial charge in [-0.25, -0.2) is 9.88 Å². The summed E-state index contributed by atoms with van der Waals surface area (Å²) in [6.07, 6.45) is 1.77. The third-order valence-electron chi connectivity index (χ3n) is 4.88. The number of nitrogens with two attached hydrogens (primary N) is 1. The molecule has 1 aliphatic carbocycles. The fourth-order valence-corrected chi connectivity index (χ4v) is 4.77. The van der Waals surface area contributed by atoms with E-state index in [2.05, 4.69) is 27.0 Å². The average Bonchev–Trinajstić information content (AvgIpc) is 3.49. The first kappa shape index (κ1) is 19.4. The lowest BCUT2D eigenvalue weighted by atomic mass is 10.0. The SMILES string of the molecule is N#Cc1c(N)nc(S[C@@H]2CC(=O)N(c3ccc(Br)cc3)C2=O)c(C#N)c1C1CC1. The molecule has 1 saturated carbocycles. The summed E-state index contributed by atoms with van der Waals surface area (Å²) in [5.74, 6) is -0.497. The number of rotatable bonds is 4. The Morgan fingerprint density at radius 3 is 2.38 bits per heavy atom. The summed E-state index contributed by atoms with van der Waals surface area (Å²) in [6.45, 7) is 0. The van der Waals surface area contributed by atoms with Crippen LogP contribution < -0.4 is 10.6 Å². The molecule has 0 bridgehead atoms. The van der Waals surface area contributed by atoms with Gasteiger partial charge in [-0.05, 0) is 48.6 Å². The molecular weight excluding hydrogens is 454 g/mol. The average molecular weight is 468 g/mol. The minimum atomic E-state index is -0.704. The number of carbonyl (C=O) groups is 2. The summed E-state index contributed by atoms with van der Waals surface area (Å²) in [4.78, 5) is 30.8. The van der Waals surface area contributed by atoms with E-state index in [1.807, 2.05) is 6.07 Å². The van der Waals surface area contributed by atoms with Crippen LogP contribution in [0.15, 0.2) is 33.8 Å². The van der Waals surface area contributed by atoms with Gasteiger partial charge in [0.2, 0.25) is 11.8 Å². The molecule has 2 fully saturated rings. The van der Waals surface area contributed by atoms with Gasteiger partial charge in [0.25, 0.3) is 0 Å². The number of hydrogen-bond donors (Lipinski definition) is 1. The first-order chi connectivity index (χ1) is 13.9. The second-order valence-corrected chi connectivity index (χ2v) is 8.93. The van der Waals surface area contributed by atoms with E-state index in [9.17, 15) is 20.1 Å². The molecule has 0 spiro atoms. The Hall–Kier alpha value is -2.88. The van der Waals surface area contributed by atoms with Crippen molar-refractivity contribution >= 4 is 51.0 Å². The molecule has 4 rings (SSSR count). The summed E-state index contributed by atoms with van der Waals surface area (Å²) in [7, 11) is 0. The molecule has 1 atom stereocenters. The van der Waals surface area contributed by atoms with E-state index in [4.69, 9.17) is 5.73 Å². The zero-order valence-electron chi connectivity index (χ0n) is 15.1. The van der Waals surface area contributed by atoms with E-state index in [1.54, 1.807) is 24.3 Å². The molecule has 2 heterocycles. The Kier molecular flexibility index (Phi) is 5.03. The maximum atomic E-state index is 12.9. The van der Waals surface area contributed by atoms with Crippen molar-refractivity contribution in [3.8, 4) is 12.1 Å². The van der Waals surface area contributed by atoms with Crippen molar-refractivity contribution in [3.05, 3.63) is 45.4 Å². The lowest BCUT2D eigenvalue weighted by molar-refractivity contribution is -0.121. The van der Waals surface area contributed by atoms with E-state index < -0.39 is 5.25 Å². The lowest BCUT2D eigenvalue weighted by Gasteiger charge is -2.16. The Labute approximate surface area is 179 Å². The second kappa shape index (κ2) is 7.51. The zero-order chi connectivity index (χ0) is 20.7. The van der Waals surface area contributed by atoms with Gasteiger partial charge in [0.1, 0.15) is 23.0 Å². The normalized spacial score (nSPS) is 18.6. The molecule has 1 saturated heterocycles. The van der Waals surface area contributed by atoms with Gasteiger partial charge < -0.3 is 5.73 Å². The fraction of sp³-hybridized carbons (Fsp3) is 0.250. The van der Waals surface area contributed by atoms with E-state index >= 15 is 0 Å². The van der Waals surface area contributed by atoms with Crippen molar-refractivity contribution < 1.29 is 9.59 Å². The minimum absolute atomic E-state index is 0.00474. The fourth-order valence-electron chi connectivity index (χ4n) is 3.38. The highest BCUT2D eigenvalue weighted by Crippen LogP contribution is 2.46. The van der Waals surface area contributed by atoms with Crippen LogP contribution in [0.4, 0.5) is 11.5 Å². The molecule has 2 N–H and O–H groups in total. The Balaban J connectivity index is 1.67. The van der Waals surface area contributed by atoms with Gasteiger partial charge in [-0.15, -0.1) is 0 Å². The molecule has 0 unspecified atom stereocenters. The lowest BCUT2D eigenvalue weighted by Crippen LogP contribution is -2.31. The molecule has 1 aromatic heterocycles. The highest BCUT2D eigenvalue weighted by Gasteiger charge is 2.41. The number of carbonyl (C=O) groups excluding carboxylic acids is 2. The van der Waals surface area contributed by atoms with Crippen molar-refractivity contribution in [2.75, 3.05) is 10.6 Å². The maximum Gasteiger partial charge on any atom is 0.247 e. The van der Waals surface area contributed by atoms with Gasteiger partial charge in [-0.3, -0.25) is 9.59 Å². The monoisotopic (exact) mass is 467 g/mol. The second-order valence-electron chi connectivity index (χ2n) is 6.82. The Morgan fingerprint density at radius 2 is 1.79 bits per heavy atom. The smallest absolute Gasteiger partial charge is 0.247 e. The number of nitrogen functional groups attached to an aromatic ring is 1. The largest absolute Gasteiger partial charge is 0.383 e. The first-order valence-corrected chi connectivity index (χ1v) is 10.5. The van der Waals surface area contributed by atoms with Gasteiger partial charge in [0.15, 0.2) is 0 Å². The van der Waals surface area contributed by atoms with E-state index in [-0.39, 0.29) is 41.1 Å². The van der Waals surface area contributed by atoms with E-state index in [0.29, 0.717) is 16.3 Å². The van der Waals surface area contributed by atoms with Crippen molar-refractivity contribution in [2.24, 2.45) is 0 Å². The van der Waals surface area contributed by atoms with Crippen LogP contribution in [-0.4, -0.2) is 22.0 Å². The van der Waals surface area contributed by atoms with E-state index in [1.165, 1.54) is 0 Å². The number of halogens is 1. The first-order valence-electron chi connectivity index (χ1n) is 8.87. The van der Waals surface area contributed by atoms with Crippen LogP contribution in [0, 0.1) is 22.7 Å². The molecule has 2 amide bonds. The van der Waals surface area contributed by atoms with Crippen LogP contribution in [-0.2, 0) is 9.59 Å². The third-order valence-corrected chi connectivity index (χ3v) is 6.58. The predicted octanol–water partition coefficient (Wildman–Crippen LogP) is 3.47. The predicted molar refractivity (Wildman–Crippen MR) is 111 cm³/mol. The Bertz CT molecular complexity index is 1120. The maximum absolute atomic E-state index is 12.9. The molecule has 9 heteroatoms. The molecular formula is C20H14BrN5O2S. The van der Waals surface area contributed by atoms with Crippen LogP contribution in [0.5, 0.6) is 0 Å². The number of imide groups is 1. The van der Waals surface area contributed by atoms with Crippen molar-refractivity contribution in [2.45, 2.75) is 35.5 Å². The molecule has 1 aromatic carbocycles. The number of nitrogens with zero attached hydrogens (tertiary/aromatic N) is 4. The molecule has 144 valence electrons. The number of hydrogen-bond acceptors (Lipinski definition) is 7. The van der Waals surface area contributed by atoms with Crippen LogP contribution >= 0.6 is 27.7 Å². The van der Waals surface area contributed by atoms with Crippen molar-refractivity contribution in [1.82, 2.24) is 4.98 Å². The summed E-state index contributed by atoms with van der Waals surface area (Å²) in [5.41, 5.74) is 7.60. The van der Waals surface area contributed by atoms with Gasteiger partial charge >= 0.3 is 0 Å². The third kappa shape index (κ3) is 3.48. The molecule has 7 nitrogen and oxygen atoms in total. The summed E-state index contributed by atoms with van der Waals surface area (Å²) >= 11 is 4.40. The van der Waals surface area contributed by atoms with Gasteiger partial charge in [0, 0.05) is 10.9 Å². The van der Waals surface area contributed by atoms with E-state index in [0.717, 1.165) is 34.0 Å². The molecule has 2 aromatic rings.